The zero-order valence-corrected chi connectivity index (χ0v) is 9.27. The minimum absolute atomic E-state index is 0.146. The normalized spacial score (nSPS) is 15.3. The Hall–Kier alpha value is -1.43. The molecular formula is C14H11B2. The first-order valence-electron chi connectivity index (χ1n) is 5.53. The summed E-state index contributed by atoms with van der Waals surface area (Å²) in [6.45, 7) is 2.18. The average molecular weight is 201 g/mol. The van der Waals surface area contributed by atoms with E-state index < -0.39 is 0 Å². The highest BCUT2D eigenvalue weighted by atomic mass is 14.3. The van der Waals surface area contributed by atoms with Gasteiger partial charge in [0.2, 0.25) is 0 Å². The molecule has 0 saturated carbocycles. The van der Waals surface area contributed by atoms with Crippen LogP contribution in [0.5, 0.6) is 0 Å². The summed E-state index contributed by atoms with van der Waals surface area (Å²) in [6.07, 6.45) is 0. The maximum Gasteiger partial charge on any atom is 0.0746 e. The van der Waals surface area contributed by atoms with Crippen molar-refractivity contribution in [3.8, 4) is 11.1 Å². The summed E-state index contributed by atoms with van der Waals surface area (Å²) in [5, 5.41) is -0.146. The van der Waals surface area contributed by atoms with Crippen LogP contribution < -0.4 is 0 Å². The molecule has 0 N–H and O–H groups in total. The summed E-state index contributed by atoms with van der Waals surface area (Å²) < 4.78 is 0. The molecule has 0 unspecified atom stereocenters. The van der Waals surface area contributed by atoms with Crippen molar-refractivity contribution in [3.05, 3.63) is 59.7 Å². The predicted molar refractivity (Wildman–Crippen MR) is 69.8 cm³/mol. The molecule has 2 heteroatoms. The fraction of sp³-hybridized carbons (Fsp3) is 0.143. The summed E-state index contributed by atoms with van der Waals surface area (Å²) in [6, 6.07) is 17.0. The van der Waals surface area contributed by atoms with Gasteiger partial charge in [-0.1, -0.05) is 55.5 Å². The van der Waals surface area contributed by atoms with Crippen LogP contribution in [-0.4, -0.2) is 14.9 Å². The quantitative estimate of drug-likeness (QED) is 0.622. The number of hydrogen-bond donors (Lipinski definition) is 0. The van der Waals surface area contributed by atoms with Crippen LogP contribution in [0.1, 0.15) is 18.1 Å². The number of benzene rings is 2. The molecule has 1 aliphatic rings. The maximum atomic E-state index is 5.87. The van der Waals surface area contributed by atoms with Crippen molar-refractivity contribution in [2.24, 2.45) is 0 Å². The van der Waals surface area contributed by atoms with E-state index in [2.05, 4.69) is 55.5 Å². The topological polar surface area (TPSA) is 0 Å². The Morgan fingerprint density at radius 1 is 0.875 bits per heavy atom. The molecule has 0 amide bonds. The molecule has 0 aromatic heterocycles. The number of hydrogen-bond acceptors (Lipinski definition) is 0. The molecule has 16 heavy (non-hydrogen) atoms. The zero-order chi connectivity index (χ0) is 11.2. The Labute approximate surface area is 98.3 Å². The SMILES string of the molecule is [B][B]C1(C)c2ccccc2-c2ccccc21. The van der Waals surface area contributed by atoms with Crippen LogP contribution in [-0.2, 0) is 5.31 Å². The van der Waals surface area contributed by atoms with Crippen LogP contribution in [0.3, 0.4) is 0 Å². The minimum Gasteiger partial charge on any atom is -0.0619 e. The maximum absolute atomic E-state index is 5.87. The standard InChI is InChI=1S/C14H11B2/c1-14(16-15)12-8-4-2-6-10(12)11-7-3-5-9-13(11)14/h2-9H,1H3. The van der Waals surface area contributed by atoms with Gasteiger partial charge in [0.15, 0.2) is 0 Å². The highest BCUT2D eigenvalue weighted by molar-refractivity contribution is 6.91. The first-order chi connectivity index (χ1) is 7.77. The molecule has 0 fully saturated rings. The molecule has 0 spiro atoms. The van der Waals surface area contributed by atoms with Gasteiger partial charge in [0.05, 0.1) is 7.17 Å². The monoisotopic (exact) mass is 201 g/mol. The lowest BCUT2D eigenvalue weighted by atomic mass is 9.37. The molecule has 0 heterocycles. The van der Waals surface area contributed by atoms with Crippen LogP contribution in [0.4, 0.5) is 0 Å². The predicted octanol–water partition coefficient (Wildman–Crippen LogP) is 2.72. The third-order valence-electron chi connectivity index (χ3n) is 3.60. The van der Waals surface area contributed by atoms with E-state index in [9.17, 15) is 0 Å². The first kappa shape index (κ1) is 9.77. The lowest BCUT2D eigenvalue weighted by Gasteiger charge is -2.25. The smallest absolute Gasteiger partial charge is 0.0619 e. The molecule has 73 valence electrons. The molecule has 3 radical (unpaired) electrons. The summed E-state index contributed by atoms with van der Waals surface area (Å²) >= 11 is 0. The number of rotatable bonds is 1. The summed E-state index contributed by atoms with van der Waals surface area (Å²) in [4.78, 5) is 0. The second kappa shape index (κ2) is 3.28. The first-order valence-corrected chi connectivity index (χ1v) is 5.53. The van der Waals surface area contributed by atoms with E-state index in [4.69, 9.17) is 7.74 Å². The lowest BCUT2D eigenvalue weighted by Crippen LogP contribution is -2.29. The van der Waals surface area contributed by atoms with Gasteiger partial charge in [0.1, 0.15) is 0 Å². The van der Waals surface area contributed by atoms with Crippen molar-refractivity contribution in [2.75, 3.05) is 0 Å². The van der Waals surface area contributed by atoms with E-state index in [0.717, 1.165) is 0 Å². The molecule has 0 saturated heterocycles. The summed E-state index contributed by atoms with van der Waals surface area (Å²) in [5.41, 5.74) is 5.22. The van der Waals surface area contributed by atoms with E-state index in [1.165, 1.54) is 22.3 Å². The van der Waals surface area contributed by atoms with Gasteiger partial charge >= 0.3 is 0 Å². The molecular weight excluding hydrogens is 190 g/mol. The van der Waals surface area contributed by atoms with E-state index in [0.29, 0.717) is 0 Å². The Morgan fingerprint density at radius 3 is 1.75 bits per heavy atom. The van der Waals surface area contributed by atoms with Crippen molar-refractivity contribution in [1.29, 1.82) is 0 Å². The highest BCUT2D eigenvalue weighted by Gasteiger charge is 2.36. The highest BCUT2D eigenvalue weighted by Crippen LogP contribution is 2.47. The van der Waals surface area contributed by atoms with Gasteiger partial charge in [0, 0.05) is 7.74 Å². The van der Waals surface area contributed by atoms with Crippen molar-refractivity contribution >= 4 is 14.9 Å². The average Bonchev–Trinajstić information content (AvgIpc) is 2.62. The van der Waals surface area contributed by atoms with Crippen LogP contribution in [0, 0.1) is 0 Å². The summed E-state index contributed by atoms with van der Waals surface area (Å²) in [7, 11) is 7.68. The van der Waals surface area contributed by atoms with Crippen molar-refractivity contribution in [2.45, 2.75) is 12.2 Å². The van der Waals surface area contributed by atoms with Gasteiger partial charge in [-0.15, -0.1) is 0 Å². The van der Waals surface area contributed by atoms with E-state index in [-0.39, 0.29) is 5.31 Å². The second-order valence-corrected chi connectivity index (χ2v) is 4.46. The lowest BCUT2D eigenvalue weighted by molar-refractivity contribution is 0.845. The molecule has 2 aromatic rings. The van der Waals surface area contributed by atoms with Crippen molar-refractivity contribution < 1.29 is 0 Å². The molecule has 1 aliphatic carbocycles. The molecule has 2 aromatic carbocycles. The van der Waals surface area contributed by atoms with Crippen LogP contribution in [0.15, 0.2) is 48.5 Å². The van der Waals surface area contributed by atoms with Crippen molar-refractivity contribution in [1.82, 2.24) is 0 Å². The summed E-state index contributed by atoms with van der Waals surface area (Å²) in [5.74, 6) is 0. The van der Waals surface area contributed by atoms with Crippen LogP contribution >= 0.6 is 0 Å². The van der Waals surface area contributed by atoms with Gasteiger partial charge < -0.3 is 0 Å². The van der Waals surface area contributed by atoms with E-state index in [1.54, 1.807) is 7.17 Å². The Balaban J connectivity index is 2.39. The Bertz CT molecular complexity index is 500. The van der Waals surface area contributed by atoms with E-state index in [1.807, 2.05) is 0 Å². The minimum atomic E-state index is -0.146. The molecule has 0 atom stereocenters. The Kier molecular flexibility index (Phi) is 2.00. The fourth-order valence-electron chi connectivity index (χ4n) is 2.67. The molecule has 0 nitrogen and oxygen atoms in total. The van der Waals surface area contributed by atoms with E-state index >= 15 is 0 Å². The Morgan fingerprint density at radius 2 is 1.31 bits per heavy atom. The van der Waals surface area contributed by atoms with Crippen LogP contribution in [0.2, 0.25) is 0 Å². The van der Waals surface area contributed by atoms with Gasteiger partial charge in [-0.05, 0) is 27.6 Å². The second-order valence-electron chi connectivity index (χ2n) is 4.46. The van der Waals surface area contributed by atoms with Gasteiger partial charge in [-0.25, -0.2) is 0 Å². The van der Waals surface area contributed by atoms with Gasteiger partial charge in [-0.2, -0.15) is 0 Å². The number of fused-ring (bicyclic) bond motifs is 3. The zero-order valence-electron chi connectivity index (χ0n) is 9.27. The third kappa shape index (κ3) is 1.07. The fourth-order valence-corrected chi connectivity index (χ4v) is 2.67. The van der Waals surface area contributed by atoms with Crippen LogP contribution in [0.25, 0.3) is 11.1 Å². The van der Waals surface area contributed by atoms with Gasteiger partial charge in [-0.3, -0.25) is 0 Å². The molecule has 0 bridgehead atoms. The molecule has 3 rings (SSSR count). The van der Waals surface area contributed by atoms with Gasteiger partial charge in [0.25, 0.3) is 0 Å². The largest absolute Gasteiger partial charge is 0.0746 e. The van der Waals surface area contributed by atoms with Crippen molar-refractivity contribution in [3.63, 3.8) is 0 Å². The third-order valence-corrected chi connectivity index (χ3v) is 3.60. The molecule has 0 aliphatic heterocycles.